The van der Waals surface area contributed by atoms with Crippen molar-refractivity contribution in [3.63, 3.8) is 0 Å². The van der Waals surface area contributed by atoms with Gasteiger partial charge in [0.2, 0.25) is 0 Å². The molecule has 1 unspecified atom stereocenters. The average molecular weight is 412 g/mol. The van der Waals surface area contributed by atoms with Crippen molar-refractivity contribution in [2.45, 2.75) is 63.1 Å². The van der Waals surface area contributed by atoms with Gasteiger partial charge in [-0.25, -0.2) is 0 Å². The van der Waals surface area contributed by atoms with Crippen molar-refractivity contribution in [3.8, 4) is 0 Å². The molecule has 0 N–H and O–H groups in total. The molecule has 4 aliphatic heterocycles. The van der Waals surface area contributed by atoms with Gasteiger partial charge < -0.3 is 28.4 Å². The second kappa shape index (κ2) is 8.38. The van der Waals surface area contributed by atoms with Crippen LogP contribution in [0, 0.1) is 0 Å². The van der Waals surface area contributed by atoms with Gasteiger partial charge in [0.15, 0.2) is 12.6 Å². The molecule has 6 atom stereocenters. The van der Waals surface area contributed by atoms with Crippen molar-refractivity contribution in [2.75, 3.05) is 13.2 Å². The van der Waals surface area contributed by atoms with Gasteiger partial charge in [0.1, 0.15) is 23.9 Å². The summed E-state index contributed by atoms with van der Waals surface area (Å²) in [6.07, 6.45) is -1.98. The number of benzene rings is 2. The molecule has 4 saturated heterocycles. The Morgan fingerprint density at radius 3 is 2.40 bits per heavy atom. The summed E-state index contributed by atoms with van der Waals surface area (Å²) in [5.74, 6) is 0. The molecule has 2 bridgehead atoms. The topological polar surface area (TPSA) is 55.4 Å². The van der Waals surface area contributed by atoms with E-state index < -0.39 is 18.2 Å². The van der Waals surface area contributed by atoms with Crippen molar-refractivity contribution < 1.29 is 28.4 Å². The van der Waals surface area contributed by atoms with E-state index in [-0.39, 0.29) is 24.4 Å². The molecule has 6 nitrogen and oxygen atoms in total. The standard InChI is InChI=1S/C24H28O6/c1-16(2)28-23-20-19(25-13-17-9-5-3-6-10-17)21-24(30-23,14-26-20)15-27-22(29-21)18-11-7-4-8-12-18/h3-12,16,19-23H,13-15H2,1-2H3/t19-,20-,21+,22?,23+,24-/m1/s1. The second-order valence-corrected chi connectivity index (χ2v) is 8.38. The van der Waals surface area contributed by atoms with Gasteiger partial charge in [-0.1, -0.05) is 60.7 Å². The highest BCUT2D eigenvalue weighted by molar-refractivity contribution is 5.18. The van der Waals surface area contributed by atoms with E-state index in [1.54, 1.807) is 0 Å². The highest BCUT2D eigenvalue weighted by Crippen LogP contribution is 2.46. The Bertz CT molecular complexity index is 828. The normalized spacial score (nSPS) is 35.4. The average Bonchev–Trinajstić information content (AvgIpc) is 2.78. The first-order valence-electron chi connectivity index (χ1n) is 10.6. The molecule has 2 aromatic rings. The van der Waals surface area contributed by atoms with E-state index in [1.165, 1.54) is 0 Å². The van der Waals surface area contributed by atoms with E-state index in [4.69, 9.17) is 28.4 Å². The first-order chi connectivity index (χ1) is 14.6. The van der Waals surface area contributed by atoms with Crippen LogP contribution in [0.3, 0.4) is 0 Å². The molecule has 1 spiro atoms. The van der Waals surface area contributed by atoms with E-state index >= 15 is 0 Å². The first kappa shape index (κ1) is 20.1. The van der Waals surface area contributed by atoms with Crippen LogP contribution in [0.15, 0.2) is 60.7 Å². The van der Waals surface area contributed by atoms with Crippen LogP contribution < -0.4 is 0 Å². The van der Waals surface area contributed by atoms with E-state index in [2.05, 4.69) is 0 Å². The summed E-state index contributed by atoms with van der Waals surface area (Å²) in [4.78, 5) is 0. The summed E-state index contributed by atoms with van der Waals surface area (Å²) in [7, 11) is 0. The molecule has 0 saturated carbocycles. The molecule has 4 aliphatic rings. The molecule has 0 aliphatic carbocycles. The number of rotatable bonds is 6. The molecule has 0 aromatic heterocycles. The SMILES string of the molecule is CC(C)O[C@H]1O[C@]23COC(c4ccccc4)O[C@H]2[C@H](OCc2ccccc2)[C@H]1OC3. The van der Waals surface area contributed by atoms with E-state index in [1.807, 2.05) is 74.5 Å². The van der Waals surface area contributed by atoms with Gasteiger partial charge in [-0.3, -0.25) is 0 Å². The lowest BCUT2D eigenvalue weighted by atomic mass is 9.83. The Kier molecular flexibility index (Phi) is 5.62. The maximum atomic E-state index is 6.45. The van der Waals surface area contributed by atoms with Crippen LogP contribution in [0.1, 0.15) is 31.3 Å². The molecule has 4 fully saturated rings. The molecule has 160 valence electrons. The van der Waals surface area contributed by atoms with Crippen molar-refractivity contribution in [2.24, 2.45) is 0 Å². The zero-order valence-electron chi connectivity index (χ0n) is 17.3. The molecule has 6 rings (SSSR count). The largest absolute Gasteiger partial charge is 0.368 e. The predicted octanol–water partition coefficient (Wildman–Crippen LogP) is 3.60. The van der Waals surface area contributed by atoms with Crippen molar-refractivity contribution in [1.82, 2.24) is 0 Å². The van der Waals surface area contributed by atoms with E-state index in [0.29, 0.717) is 19.8 Å². The number of hydrogen-bond donors (Lipinski definition) is 0. The molecule has 6 heteroatoms. The smallest absolute Gasteiger partial charge is 0.187 e. The van der Waals surface area contributed by atoms with Gasteiger partial charge in [0.25, 0.3) is 0 Å². The zero-order valence-corrected chi connectivity index (χ0v) is 17.3. The molecule has 0 radical (unpaired) electrons. The Labute approximate surface area is 177 Å². The highest BCUT2D eigenvalue weighted by atomic mass is 16.8. The van der Waals surface area contributed by atoms with Gasteiger partial charge in [0.05, 0.1) is 25.9 Å². The molecular formula is C24H28O6. The summed E-state index contributed by atoms with van der Waals surface area (Å²) in [5, 5.41) is 0. The summed E-state index contributed by atoms with van der Waals surface area (Å²) in [6, 6.07) is 20.1. The molecule has 30 heavy (non-hydrogen) atoms. The fourth-order valence-electron chi connectivity index (χ4n) is 4.37. The molecular weight excluding hydrogens is 384 g/mol. The second-order valence-electron chi connectivity index (χ2n) is 8.38. The van der Waals surface area contributed by atoms with Crippen LogP contribution in [0.2, 0.25) is 0 Å². The maximum Gasteiger partial charge on any atom is 0.187 e. The van der Waals surface area contributed by atoms with Gasteiger partial charge in [-0.15, -0.1) is 0 Å². The third-order valence-electron chi connectivity index (χ3n) is 5.79. The molecule has 0 amide bonds. The van der Waals surface area contributed by atoms with E-state index in [9.17, 15) is 0 Å². The van der Waals surface area contributed by atoms with Crippen molar-refractivity contribution >= 4 is 0 Å². The van der Waals surface area contributed by atoms with Crippen LogP contribution in [0.5, 0.6) is 0 Å². The van der Waals surface area contributed by atoms with E-state index in [0.717, 1.165) is 11.1 Å². The summed E-state index contributed by atoms with van der Waals surface area (Å²) in [6.45, 7) is 5.19. The minimum atomic E-state index is -0.749. The lowest BCUT2D eigenvalue weighted by Crippen LogP contribution is -2.76. The maximum absolute atomic E-state index is 6.45. The Morgan fingerprint density at radius 2 is 1.67 bits per heavy atom. The Hall–Kier alpha value is -1.80. The summed E-state index contributed by atoms with van der Waals surface area (Å²) in [5.41, 5.74) is 1.33. The zero-order chi connectivity index (χ0) is 20.6. The summed E-state index contributed by atoms with van der Waals surface area (Å²) < 4.78 is 37.5. The Balaban J connectivity index is 1.40. The van der Waals surface area contributed by atoms with Gasteiger partial charge in [-0.05, 0) is 19.4 Å². The van der Waals surface area contributed by atoms with Crippen molar-refractivity contribution in [3.05, 3.63) is 71.8 Å². The first-order valence-corrected chi connectivity index (χ1v) is 10.6. The lowest BCUT2D eigenvalue weighted by molar-refractivity contribution is -0.447. The lowest BCUT2D eigenvalue weighted by Gasteiger charge is -2.59. The predicted molar refractivity (Wildman–Crippen MR) is 109 cm³/mol. The third kappa shape index (κ3) is 3.80. The van der Waals surface area contributed by atoms with Crippen LogP contribution in [0.4, 0.5) is 0 Å². The van der Waals surface area contributed by atoms with Gasteiger partial charge >= 0.3 is 0 Å². The number of fused-ring (bicyclic) bond motifs is 2. The molecule has 2 aromatic carbocycles. The number of ether oxygens (including phenoxy) is 6. The monoisotopic (exact) mass is 412 g/mol. The van der Waals surface area contributed by atoms with Crippen LogP contribution in [-0.4, -0.2) is 49.5 Å². The fraction of sp³-hybridized carbons (Fsp3) is 0.500. The molecule has 4 heterocycles. The van der Waals surface area contributed by atoms with Crippen LogP contribution in [0.25, 0.3) is 0 Å². The minimum Gasteiger partial charge on any atom is -0.368 e. The Morgan fingerprint density at radius 1 is 0.967 bits per heavy atom. The quantitative estimate of drug-likeness (QED) is 0.723. The van der Waals surface area contributed by atoms with Gasteiger partial charge in [-0.2, -0.15) is 0 Å². The third-order valence-corrected chi connectivity index (χ3v) is 5.79. The van der Waals surface area contributed by atoms with Crippen molar-refractivity contribution in [1.29, 1.82) is 0 Å². The van der Waals surface area contributed by atoms with Crippen LogP contribution >= 0.6 is 0 Å². The minimum absolute atomic E-state index is 0.00469. The summed E-state index contributed by atoms with van der Waals surface area (Å²) >= 11 is 0. The van der Waals surface area contributed by atoms with Crippen LogP contribution in [-0.2, 0) is 35.0 Å². The fourth-order valence-corrected chi connectivity index (χ4v) is 4.37. The van der Waals surface area contributed by atoms with Gasteiger partial charge in [0, 0.05) is 5.56 Å². The highest BCUT2D eigenvalue weighted by Gasteiger charge is 2.64. The number of hydrogen-bond acceptors (Lipinski definition) is 6.